The average molecular weight is 173 g/mol. The third-order valence-corrected chi connectivity index (χ3v) is 1.33. The second-order valence-corrected chi connectivity index (χ2v) is 2.05. The van der Waals surface area contributed by atoms with Crippen LogP contribution in [0.5, 0.6) is 0 Å². The Balaban J connectivity index is 3.86. The summed E-state index contributed by atoms with van der Waals surface area (Å²) in [4.78, 5) is 10.8. The standard InChI is InChI=1S/C4H7N5O3/c5-1-2(6)8(11)4(7)9(12)3(1)10/h7,11-12H,5-6H2. The summed E-state index contributed by atoms with van der Waals surface area (Å²) < 4.78 is -0.0254. The fourth-order valence-electron chi connectivity index (χ4n) is 0.638. The predicted octanol–water partition coefficient (Wildman–Crippen LogP) is -2.23. The lowest BCUT2D eigenvalue weighted by Crippen LogP contribution is -2.40. The molecule has 1 rings (SSSR count). The lowest BCUT2D eigenvalue weighted by atomic mass is 10.5. The zero-order valence-corrected chi connectivity index (χ0v) is 5.85. The molecule has 0 saturated carbocycles. The molecule has 0 spiro atoms. The van der Waals surface area contributed by atoms with Crippen LogP contribution >= 0.6 is 0 Å². The smallest absolute Gasteiger partial charge is 0.313 e. The van der Waals surface area contributed by atoms with E-state index < -0.39 is 22.7 Å². The van der Waals surface area contributed by atoms with Crippen LogP contribution in [0.3, 0.4) is 0 Å². The average Bonchev–Trinajstić information content (AvgIpc) is 2.08. The summed E-state index contributed by atoms with van der Waals surface area (Å²) in [5, 5.41) is 24.6. The van der Waals surface area contributed by atoms with Crippen molar-refractivity contribution < 1.29 is 10.4 Å². The first-order valence-electron chi connectivity index (χ1n) is 2.83. The third-order valence-electron chi connectivity index (χ3n) is 1.33. The van der Waals surface area contributed by atoms with Gasteiger partial charge in [-0.3, -0.25) is 10.2 Å². The normalized spacial score (nSPS) is 10.0. The summed E-state index contributed by atoms with van der Waals surface area (Å²) in [6, 6.07) is 0. The molecule has 12 heavy (non-hydrogen) atoms. The van der Waals surface area contributed by atoms with Crippen molar-refractivity contribution in [3.63, 3.8) is 0 Å². The van der Waals surface area contributed by atoms with Crippen molar-refractivity contribution in [2.45, 2.75) is 0 Å². The number of nitrogen functional groups attached to an aromatic ring is 2. The van der Waals surface area contributed by atoms with Gasteiger partial charge >= 0.3 is 5.56 Å². The van der Waals surface area contributed by atoms with Crippen molar-refractivity contribution in [2.75, 3.05) is 11.5 Å². The second-order valence-electron chi connectivity index (χ2n) is 2.05. The fourth-order valence-corrected chi connectivity index (χ4v) is 0.638. The summed E-state index contributed by atoms with van der Waals surface area (Å²) in [6.45, 7) is 0. The minimum Gasteiger partial charge on any atom is -0.423 e. The molecule has 0 aliphatic carbocycles. The second kappa shape index (κ2) is 2.19. The molecule has 1 aromatic heterocycles. The Bertz CT molecular complexity index is 392. The molecule has 1 aromatic rings. The molecule has 0 unspecified atom stereocenters. The Labute approximate surface area is 65.3 Å². The maximum atomic E-state index is 10.8. The van der Waals surface area contributed by atoms with Crippen LogP contribution < -0.4 is 22.6 Å². The molecular weight excluding hydrogens is 166 g/mol. The van der Waals surface area contributed by atoms with E-state index in [-0.39, 0.29) is 9.46 Å². The Kier molecular flexibility index (Phi) is 1.45. The van der Waals surface area contributed by atoms with Gasteiger partial charge in [0.1, 0.15) is 5.69 Å². The van der Waals surface area contributed by atoms with E-state index in [0.717, 1.165) is 0 Å². The number of aromatic nitrogens is 2. The summed E-state index contributed by atoms with van der Waals surface area (Å²) in [7, 11) is 0. The van der Waals surface area contributed by atoms with Gasteiger partial charge in [-0.25, -0.2) is 0 Å². The molecule has 0 saturated heterocycles. The van der Waals surface area contributed by atoms with Crippen molar-refractivity contribution in [1.29, 1.82) is 5.41 Å². The van der Waals surface area contributed by atoms with E-state index in [4.69, 9.17) is 27.3 Å². The summed E-state index contributed by atoms with van der Waals surface area (Å²) in [6.07, 6.45) is 0. The number of hydrogen-bond donors (Lipinski definition) is 5. The molecule has 0 aromatic carbocycles. The fraction of sp³-hybridized carbons (Fsp3) is 0. The molecule has 7 N–H and O–H groups in total. The van der Waals surface area contributed by atoms with Crippen molar-refractivity contribution >= 4 is 11.5 Å². The number of hydrogen-bond acceptors (Lipinski definition) is 6. The Morgan fingerprint density at radius 3 is 2.25 bits per heavy atom. The van der Waals surface area contributed by atoms with Crippen LogP contribution in [0.2, 0.25) is 0 Å². The van der Waals surface area contributed by atoms with E-state index in [9.17, 15) is 4.79 Å². The van der Waals surface area contributed by atoms with Crippen molar-refractivity contribution in [3.8, 4) is 0 Å². The zero-order valence-electron chi connectivity index (χ0n) is 5.85. The number of nitrogens with two attached hydrogens (primary N) is 2. The summed E-state index contributed by atoms with van der Waals surface area (Å²) in [5.41, 5.74) is 7.74. The number of rotatable bonds is 0. The molecule has 1 heterocycles. The summed E-state index contributed by atoms with van der Waals surface area (Å²) in [5.74, 6) is -0.477. The first-order chi connectivity index (χ1) is 5.46. The van der Waals surface area contributed by atoms with Gasteiger partial charge in [0.05, 0.1) is 0 Å². The molecule has 0 amide bonds. The maximum absolute atomic E-state index is 10.8. The Hall–Kier alpha value is -2.12. The van der Waals surface area contributed by atoms with Crippen LogP contribution in [-0.4, -0.2) is 19.9 Å². The molecular formula is C4H7N5O3. The highest BCUT2D eigenvalue weighted by Gasteiger charge is 2.10. The van der Waals surface area contributed by atoms with Gasteiger partial charge in [0.25, 0.3) is 5.62 Å². The molecule has 0 fully saturated rings. The monoisotopic (exact) mass is 173 g/mol. The highest BCUT2D eigenvalue weighted by molar-refractivity contribution is 5.55. The van der Waals surface area contributed by atoms with Gasteiger partial charge in [0.2, 0.25) is 0 Å². The van der Waals surface area contributed by atoms with Crippen LogP contribution in [0.25, 0.3) is 0 Å². The van der Waals surface area contributed by atoms with Gasteiger partial charge < -0.3 is 21.9 Å². The Morgan fingerprint density at radius 2 is 1.75 bits per heavy atom. The van der Waals surface area contributed by atoms with Crippen molar-refractivity contribution in [3.05, 3.63) is 16.0 Å². The topological polar surface area (TPSA) is 143 Å². The van der Waals surface area contributed by atoms with E-state index in [1.54, 1.807) is 0 Å². The first-order valence-corrected chi connectivity index (χ1v) is 2.83. The van der Waals surface area contributed by atoms with Crippen LogP contribution in [-0.2, 0) is 0 Å². The van der Waals surface area contributed by atoms with E-state index in [1.165, 1.54) is 0 Å². The molecule has 0 radical (unpaired) electrons. The number of nitrogens with one attached hydrogen (secondary N) is 1. The van der Waals surface area contributed by atoms with Crippen LogP contribution in [0.15, 0.2) is 4.79 Å². The minimum absolute atomic E-state index is 0.0940. The quantitative estimate of drug-likeness (QED) is 0.282. The first kappa shape index (κ1) is 7.98. The van der Waals surface area contributed by atoms with Crippen LogP contribution in [0, 0.1) is 5.41 Å². The molecule has 0 bridgehead atoms. The minimum atomic E-state index is -1.04. The summed E-state index contributed by atoms with van der Waals surface area (Å²) >= 11 is 0. The van der Waals surface area contributed by atoms with Gasteiger partial charge in [-0.15, -0.1) is 9.46 Å². The van der Waals surface area contributed by atoms with Crippen LogP contribution in [0.4, 0.5) is 11.5 Å². The van der Waals surface area contributed by atoms with E-state index in [0.29, 0.717) is 0 Å². The SMILES string of the molecule is N=c1n(O)c(N)c(N)c(=O)n1O. The highest BCUT2D eigenvalue weighted by atomic mass is 16.5. The van der Waals surface area contributed by atoms with E-state index >= 15 is 0 Å². The van der Waals surface area contributed by atoms with Crippen LogP contribution in [0.1, 0.15) is 0 Å². The van der Waals surface area contributed by atoms with Crippen molar-refractivity contribution in [2.24, 2.45) is 0 Å². The predicted molar refractivity (Wildman–Crippen MR) is 37.7 cm³/mol. The van der Waals surface area contributed by atoms with Gasteiger partial charge in [-0.1, -0.05) is 0 Å². The van der Waals surface area contributed by atoms with Gasteiger partial charge in [-0.05, 0) is 0 Å². The number of anilines is 2. The van der Waals surface area contributed by atoms with E-state index in [1.807, 2.05) is 0 Å². The lowest BCUT2D eigenvalue weighted by Gasteiger charge is -2.05. The molecule has 8 heteroatoms. The Morgan fingerprint density at radius 1 is 1.25 bits per heavy atom. The molecule has 0 aliphatic rings. The number of nitrogens with zero attached hydrogens (tertiary/aromatic N) is 2. The molecule has 0 aliphatic heterocycles. The van der Waals surface area contributed by atoms with Gasteiger partial charge in [-0.2, -0.15) is 0 Å². The van der Waals surface area contributed by atoms with Crippen molar-refractivity contribution in [1.82, 2.24) is 9.46 Å². The zero-order chi connectivity index (χ0) is 9.46. The molecule has 0 atom stereocenters. The third kappa shape index (κ3) is 0.779. The van der Waals surface area contributed by atoms with E-state index in [2.05, 4.69) is 0 Å². The van der Waals surface area contributed by atoms with Gasteiger partial charge in [0, 0.05) is 0 Å². The largest absolute Gasteiger partial charge is 0.423 e. The molecule has 66 valence electrons. The maximum Gasteiger partial charge on any atom is 0.313 e. The highest BCUT2D eigenvalue weighted by Crippen LogP contribution is 2.01. The van der Waals surface area contributed by atoms with Gasteiger partial charge in [0.15, 0.2) is 5.82 Å². The molecule has 8 nitrogen and oxygen atoms in total. The lowest BCUT2D eigenvalue weighted by molar-refractivity contribution is 0.0993.